The van der Waals surface area contributed by atoms with Crippen molar-refractivity contribution >= 4 is 39.6 Å². The lowest BCUT2D eigenvalue weighted by atomic mass is 10.1. The van der Waals surface area contributed by atoms with Gasteiger partial charge in [-0.15, -0.1) is 0 Å². The largest absolute Gasteiger partial charge is 0.482 e. The second-order valence-corrected chi connectivity index (χ2v) is 5.98. The predicted octanol–water partition coefficient (Wildman–Crippen LogP) is 3.55. The molecule has 0 heterocycles. The van der Waals surface area contributed by atoms with Crippen molar-refractivity contribution in [2.24, 2.45) is 0 Å². The number of hydrogen-bond donors (Lipinski definition) is 1. The van der Waals surface area contributed by atoms with Gasteiger partial charge in [0, 0.05) is 10.2 Å². The standard InChI is InChI=1S/C19H15BrN2O4/c1-25-18(23)12-26-17-7-5-13(6-8-17)9-14(11-21)19(24)22-16-4-2-3-15(20)10-16/h2-10H,12H2,1H3,(H,22,24)/b14-9-. The van der Waals surface area contributed by atoms with E-state index in [1.54, 1.807) is 42.5 Å². The Bertz CT molecular complexity index is 870. The van der Waals surface area contributed by atoms with Gasteiger partial charge >= 0.3 is 5.97 Å². The summed E-state index contributed by atoms with van der Waals surface area (Å²) in [6, 6.07) is 15.6. The van der Waals surface area contributed by atoms with Gasteiger partial charge in [-0.1, -0.05) is 34.1 Å². The van der Waals surface area contributed by atoms with Crippen LogP contribution in [0.5, 0.6) is 5.75 Å². The molecule has 0 aliphatic heterocycles. The lowest BCUT2D eigenvalue weighted by molar-refractivity contribution is -0.142. The first kappa shape index (κ1) is 19.2. The highest BCUT2D eigenvalue weighted by atomic mass is 79.9. The number of methoxy groups -OCH3 is 1. The van der Waals surface area contributed by atoms with E-state index in [0.717, 1.165) is 4.47 Å². The minimum Gasteiger partial charge on any atom is -0.482 e. The minimum absolute atomic E-state index is 0.0341. The summed E-state index contributed by atoms with van der Waals surface area (Å²) in [5.74, 6) is -0.508. The number of ether oxygens (including phenoxy) is 2. The summed E-state index contributed by atoms with van der Waals surface area (Å²) in [6.45, 7) is -0.190. The molecule has 7 heteroatoms. The SMILES string of the molecule is COC(=O)COc1ccc(/C=C(/C#N)C(=O)Nc2cccc(Br)c2)cc1. The molecule has 0 unspecified atom stereocenters. The van der Waals surface area contributed by atoms with Crippen LogP contribution in [0.1, 0.15) is 5.56 Å². The van der Waals surface area contributed by atoms with E-state index < -0.39 is 11.9 Å². The highest BCUT2D eigenvalue weighted by Crippen LogP contribution is 2.18. The molecule has 132 valence electrons. The number of nitrogens with zero attached hydrogens (tertiary/aromatic N) is 1. The summed E-state index contributed by atoms with van der Waals surface area (Å²) >= 11 is 3.32. The summed E-state index contributed by atoms with van der Waals surface area (Å²) in [4.78, 5) is 23.3. The Morgan fingerprint density at radius 1 is 1.23 bits per heavy atom. The van der Waals surface area contributed by atoms with E-state index in [4.69, 9.17) is 4.74 Å². The lowest BCUT2D eigenvalue weighted by Crippen LogP contribution is -2.13. The number of halogens is 1. The van der Waals surface area contributed by atoms with E-state index in [1.807, 2.05) is 12.1 Å². The fourth-order valence-corrected chi connectivity index (χ4v) is 2.34. The second-order valence-electron chi connectivity index (χ2n) is 5.07. The molecule has 2 aromatic rings. The number of esters is 1. The van der Waals surface area contributed by atoms with Crippen molar-refractivity contribution in [3.63, 3.8) is 0 Å². The van der Waals surface area contributed by atoms with Crippen LogP contribution >= 0.6 is 15.9 Å². The maximum Gasteiger partial charge on any atom is 0.343 e. The second kappa shape index (κ2) is 9.39. The molecule has 0 spiro atoms. The topological polar surface area (TPSA) is 88.4 Å². The first-order valence-electron chi connectivity index (χ1n) is 7.50. The van der Waals surface area contributed by atoms with Gasteiger partial charge in [0.15, 0.2) is 6.61 Å². The third kappa shape index (κ3) is 5.76. The van der Waals surface area contributed by atoms with Gasteiger partial charge in [0.1, 0.15) is 17.4 Å². The third-order valence-corrected chi connectivity index (χ3v) is 3.72. The molecular formula is C19H15BrN2O4. The molecule has 1 N–H and O–H groups in total. The minimum atomic E-state index is -0.503. The smallest absolute Gasteiger partial charge is 0.343 e. The van der Waals surface area contributed by atoms with Crippen molar-refractivity contribution in [3.8, 4) is 11.8 Å². The number of nitrogens with one attached hydrogen (secondary N) is 1. The van der Waals surface area contributed by atoms with Crippen molar-refractivity contribution < 1.29 is 19.1 Å². The van der Waals surface area contributed by atoms with Crippen LogP contribution in [0.3, 0.4) is 0 Å². The number of hydrogen-bond acceptors (Lipinski definition) is 5. The Morgan fingerprint density at radius 3 is 2.58 bits per heavy atom. The molecule has 0 atom stereocenters. The summed E-state index contributed by atoms with van der Waals surface area (Å²) in [5, 5.41) is 11.9. The Balaban J connectivity index is 2.06. The van der Waals surface area contributed by atoms with Crippen molar-refractivity contribution in [2.45, 2.75) is 0 Å². The van der Waals surface area contributed by atoms with Gasteiger partial charge in [-0.05, 0) is 42.0 Å². The fraction of sp³-hybridized carbons (Fsp3) is 0.105. The van der Waals surface area contributed by atoms with E-state index in [2.05, 4.69) is 26.0 Å². The Labute approximate surface area is 159 Å². The maximum atomic E-state index is 12.2. The molecule has 26 heavy (non-hydrogen) atoms. The predicted molar refractivity (Wildman–Crippen MR) is 100 cm³/mol. The van der Waals surface area contributed by atoms with Crippen molar-refractivity contribution in [3.05, 3.63) is 64.1 Å². The summed E-state index contributed by atoms with van der Waals surface area (Å²) < 4.78 is 10.5. The van der Waals surface area contributed by atoms with Crippen LogP contribution in [0.2, 0.25) is 0 Å². The fourth-order valence-electron chi connectivity index (χ4n) is 1.94. The molecule has 0 aromatic heterocycles. The van der Waals surface area contributed by atoms with E-state index in [1.165, 1.54) is 13.2 Å². The molecule has 2 aromatic carbocycles. The van der Waals surface area contributed by atoms with Gasteiger partial charge in [0.2, 0.25) is 0 Å². The third-order valence-electron chi connectivity index (χ3n) is 3.22. The Morgan fingerprint density at radius 2 is 1.96 bits per heavy atom. The first-order chi connectivity index (χ1) is 12.5. The lowest BCUT2D eigenvalue weighted by Gasteiger charge is -2.06. The molecule has 0 fully saturated rings. The van der Waals surface area contributed by atoms with Crippen LogP contribution in [0.4, 0.5) is 5.69 Å². The normalized spacial score (nSPS) is 10.6. The zero-order chi connectivity index (χ0) is 18.9. The van der Waals surface area contributed by atoms with Gasteiger partial charge in [-0.3, -0.25) is 4.79 Å². The number of anilines is 1. The number of benzene rings is 2. The van der Waals surface area contributed by atoms with E-state index in [-0.39, 0.29) is 12.2 Å². The van der Waals surface area contributed by atoms with Gasteiger partial charge < -0.3 is 14.8 Å². The summed E-state index contributed by atoms with van der Waals surface area (Å²) in [6.07, 6.45) is 1.47. The van der Waals surface area contributed by atoms with Crippen LogP contribution in [-0.2, 0) is 14.3 Å². The van der Waals surface area contributed by atoms with Crippen molar-refractivity contribution in [2.75, 3.05) is 19.0 Å². The van der Waals surface area contributed by atoms with E-state index >= 15 is 0 Å². The quantitative estimate of drug-likeness (QED) is 0.443. The van der Waals surface area contributed by atoms with Crippen molar-refractivity contribution in [1.29, 1.82) is 5.26 Å². The number of amides is 1. The number of nitriles is 1. The molecular weight excluding hydrogens is 400 g/mol. The van der Waals surface area contributed by atoms with Crippen LogP contribution in [0.25, 0.3) is 6.08 Å². The van der Waals surface area contributed by atoms with E-state index in [9.17, 15) is 14.9 Å². The average molecular weight is 415 g/mol. The molecule has 0 bridgehead atoms. The summed E-state index contributed by atoms with van der Waals surface area (Å²) in [7, 11) is 1.28. The number of carbonyl (C=O) groups excluding carboxylic acids is 2. The van der Waals surface area contributed by atoms with Gasteiger partial charge in [0.25, 0.3) is 5.91 Å². The molecule has 0 aliphatic rings. The van der Waals surface area contributed by atoms with Crippen LogP contribution in [0.15, 0.2) is 58.6 Å². The average Bonchev–Trinajstić information content (AvgIpc) is 2.65. The Kier molecular flexibility index (Phi) is 6.94. The maximum absolute atomic E-state index is 12.2. The van der Waals surface area contributed by atoms with Crippen molar-refractivity contribution in [1.82, 2.24) is 0 Å². The van der Waals surface area contributed by atoms with E-state index in [0.29, 0.717) is 17.0 Å². The van der Waals surface area contributed by atoms with Gasteiger partial charge in [-0.25, -0.2) is 4.79 Å². The molecule has 1 amide bonds. The first-order valence-corrected chi connectivity index (χ1v) is 8.29. The molecule has 2 rings (SSSR count). The zero-order valence-corrected chi connectivity index (χ0v) is 15.4. The van der Waals surface area contributed by atoms with Gasteiger partial charge in [0.05, 0.1) is 7.11 Å². The molecule has 0 radical (unpaired) electrons. The zero-order valence-electron chi connectivity index (χ0n) is 13.9. The highest BCUT2D eigenvalue weighted by Gasteiger charge is 2.10. The van der Waals surface area contributed by atoms with Crippen LogP contribution in [0, 0.1) is 11.3 Å². The van der Waals surface area contributed by atoms with Crippen LogP contribution < -0.4 is 10.1 Å². The molecule has 0 saturated heterocycles. The number of rotatable bonds is 6. The monoisotopic (exact) mass is 414 g/mol. The summed E-state index contributed by atoms with van der Waals surface area (Å²) in [5.41, 5.74) is 1.20. The Hall–Kier alpha value is -3.11. The highest BCUT2D eigenvalue weighted by molar-refractivity contribution is 9.10. The van der Waals surface area contributed by atoms with Crippen LogP contribution in [-0.4, -0.2) is 25.6 Å². The molecule has 0 saturated carbocycles. The molecule has 0 aliphatic carbocycles. The van der Waals surface area contributed by atoms with Gasteiger partial charge in [-0.2, -0.15) is 5.26 Å². The number of carbonyl (C=O) groups is 2. The molecule has 6 nitrogen and oxygen atoms in total.